The fraction of sp³-hybridized carbons (Fsp3) is 1.00. The molecule has 0 aromatic heterocycles. The highest BCUT2D eigenvalue weighted by Crippen LogP contribution is 2.20. The zero-order valence-corrected chi connectivity index (χ0v) is 9.61. The van der Waals surface area contributed by atoms with Crippen LogP contribution in [0.3, 0.4) is 0 Å². The number of rotatable bonds is 2. The highest BCUT2D eigenvalue weighted by atomic mass is 35.5. The van der Waals surface area contributed by atoms with Crippen molar-refractivity contribution in [2.75, 3.05) is 19.7 Å². The summed E-state index contributed by atoms with van der Waals surface area (Å²) in [6, 6.07) is 0.548. The largest absolute Gasteiger partial charge is 0.362 e. The van der Waals surface area contributed by atoms with Crippen molar-refractivity contribution in [2.24, 2.45) is 5.92 Å². The van der Waals surface area contributed by atoms with Crippen molar-refractivity contribution in [1.82, 2.24) is 10.6 Å². The number of halogens is 1. The molecular formula is C10H21ClN2O. The minimum Gasteiger partial charge on any atom is -0.362 e. The maximum absolute atomic E-state index is 5.64. The summed E-state index contributed by atoms with van der Waals surface area (Å²) in [5.41, 5.74) is 0. The maximum atomic E-state index is 5.64. The smallest absolute Gasteiger partial charge is 0.108 e. The van der Waals surface area contributed by atoms with Crippen LogP contribution in [0.4, 0.5) is 0 Å². The predicted molar refractivity (Wildman–Crippen MR) is 59.8 cm³/mol. The van der Waals surface area contributed by atoms with Gasteiger partial charge in [-0.3, -0.25) is 5.32 Å². The minimum absolute atomic E-state index is 0. The average Bonchev–Trinajstić information content (AvgIpc) is 2.53. The molecule has 2 fully saturated rings. The third-order valence-electron chi connectivity index (χ3n) is 3.02. The van der Waals surface area contributed by atoms with Gasteiger partial charge in [-0.05, 0) is 45.2 Å². The number of nitrogens with one attached hydrogen (secondary N) is 2. The van der Waals surface area contributed by atoms with E-state index in [4.69, 9.17) is 4.74 Å². The molecule has 2 rings (SSSR count). The van der Waals surface area contributed by atoms with Crippen LogP contribution in [-0.2, 0) is 4.74 Å². The molecule has 0 spiro atoms. The van der Waals surface area contributed by atoms with E-state index in [1.54, 1.807) is 0 Å². The number of piperidine rings is 1. The Labute approximate surface area is 92.4 Å². The summed E-state index contributed by atoms with van der Waals surface area (Å²) in [4.78, 5) is 0. The Morgan fingerprint density at radius 1 is 1.29 bits per heavy atom. The van der Waals surface area contributed by atoms with E-state index in [1.165, 1.54) is 32.4 Å². The van der Waals surface area contributed by atoms with Crippen molar-refractivity contribution in [2.45, 2.75) is 38.5 Å². The van der Waals surface area contributed by atoms with Crippen molar-refractivity contribution in [3.8, 4) is 0 Å². The van der Waals surface area contributed by atoms with E-state index in [0.29, 0.717) is 12.3 Å². The predicted octanol–water partition coefficient (Wildman–Crippen LogP) is 1.13. The Morgan fingerprint density at radius 3 is 2.57 bits per heavy atom. The van der Waals surface area contributed by atoms with Crippen molar-refractivity contribution < 1.29 is 4.74 Å². The van der Waals surface area contributed by atoms with Crippen LogP contribution in [0.1, 0.15) is 26.2 Å². The summed E-state index contributed by atoms with van der Waals surface area (Å²) in [7, 11) is 0. The lowest BCUT2D eigenvalue weighted by Crippen LogP contribution is -2.34. The first-order valence-electron chi connectivity index (χ1n) is 5.43. The van der Waals surface area contributed by atoms with Gasteiger partial charge in [0.25, 0.3) is 0 Å². The number of hydrogen-bond donors (Lipinski definition) is 2. The molecule has 0 aromatic carbocycles. The Kier molecular flexibility index (Phi) is 5.17. The van der Waals surface area contributed by atoms with E-state index in [0.717, 1.165) is 12.5 Å². The molecule has 2 aliphatic rings. The molecule has 0 saturated carbocycles. The van der Waals surface area contributed by atoms with Crippen molar-refractivity contribution in [1.29, 1.82) is 0 Å². The van der Waals surface area contributed by atoms with Gasteiger partial charge in [0.1, 0.15) is 6.23 Å². The summed E-state index contributed by atoms with van der Waals surface area (Å²) in [6.07, 6.45) is 4.16. The summed E-state index contributed by atoms with van der Waals surface area (Å²) in [5, 5.41) is 6.85. The average molecular weight is 221 g/mol. The van der Waals surface area contributed by atoms with E-state index in [9.17, 15) is 0 Å². The van der Waals surface area contributed by atoms with Crippen LogP contribution in [-0.4, -0.2) is 32.0 Å². The normalized spacial score (nSPS) is 34.1. The van der Waals surface area contributed by atoms with E-state index in [-0.39, 0.29) is 12.4 Å². The molecule has 0 aliphatic carbocycles. The monoisotopic (exact) mass is 220 g/mol. The molecule has 2 N–H and O–H groups in total. The van der Waals surface area contributed by atoms with Gasteiger partial charge >= 0.3 is 0 Å². The van der Waals surface area contributed by atoms with Crippen LogP contribution in [0, 0.1) is 5.92 Å². The Hall–Kier alpha value is 0.170. The lowest BCUT2D eigenvalue weighted by atomic mass is 9.94. The minimum atomic E-state index is 0. The second kappa shape index (κ2) is 5.91. The summed E-state index contributed by atoms with van der Waals surface area (Å²) in [5.74, 6) is 0.865. The zero-order valence-electron chi connectivity index (χ0n) is 8.79. The van der Waals surface area contributed by atoms with Gasteiger partial charge in [-0.1, -0.05) is 0 Å². The molecule has 2 atom stereocenters. The Balaban J connectivity index is 0.000000980. The third-order valence-corrected chi connectivity index (χ3v) is 3.02. The van der Waals surface area contributed by atoms with Crippen LogP contribution in [0.2, 0.25) is 0 Å². The second-order valence-corrected chi connectivity index (χ2v) is 4.32. The first-order valence-corrected chi connectivity index (χ1v) is 5.43. The second-order valence-electron chi connectivity index (χ2n) is 4.32. The molecule has 0 bridgehead atoms. The van der Waals surface area contributed by atoms with Crippen LogP contribution in [0.15, 0.2) is 0 Å². The SMILES string of the molecule is CC1COC(CC2CCNCC2)N1.Cl. The molecule has 3 nitrogen and oxygen atoms in total. The van der Waals surface area contributed by atoms with E-state index in [1.807, 2.05) is 0 Å². The van der Waals surface area contributed by atoms with Gasteiger partial charge in [-0.2, -0.15) is 0 Å². The number of hydrogen-bond acceptors (Lipinski definition) is 3. The van der Waals surface area contributed by atoms with Gasteiger partial charge in [0.2, 0.25) is 0 Å². The fourth-order valence-electron chi connectivity index (χ4n) is 2.23. The third kappa shape index (κ3) is 3.39. The molecule has 14 heavy (non-hydrogen) atoms. The van der Waals surface area contributed by atoms with Crippen LogP contribution in [0.5, 0.6) is 0 Å². The van der Waals surface area contributed by atoms with Crippen molar-refractivity contribution >= 4 is 12.4 Å². The molecule has 0 amide bonds. The first kappa shape index (κ1) is 12.2. The molecule has 2 unspecified atom stereocenters. The van der Waals surface area contributed by atoms with Gasteiger partial charge in [-0.15, -0.1) is 12.4 Å². The van der Waals surface area contributed by atoms with Gasteiger partial charge in [0.05, 0.1) is 6.61 Å². The van der Waals surface area contributed by atoms with Crippen LogP contribution in [0.25, 0.3) is 0 Å². The highest BCUT2D eigenvalue weighted by molar-refractivity contribution is 5.85. The lowest BCUT2D eigenvalue weighted by molar-refractivity contribution is 0.0739. The maximum Gasteiger partial charge on any atom is 0.108 e. The molecule has 2 aliphatic heterocycles. The van der Waals surface area contributed by atoms with Gasteiger partial charge < -0.3 is 10.1 Å². The van der Waals surface area contributed by atoms with E-state index < -0.39 is 0 Å². The zero-order chi connectivity index (χ0) is 9.10. The van der Waals surface area contributed by atoms with Crippen LogP contribution < -0.4 is 10.6 Å². The van der Waals surface area contributed by atoms with E-state index >= 15 is 0 Å². The fourth-order valence-corrected chi connectivity index (χ4v) is 2.23. The summed E-state index contributed by atoms with van der Waals surface area (Å²) >= 11 is 0. The molecule has 0 aromatic rings. The quantitative estimate of drug-likeness (QED) is 0.732. The Bertz CT molecular complexity index is 159. The first-order chi connectivity index (χ1) is 6.34. The summed E-state index contributed by atoms with van der Waals surface area (Å²) in [6.45, 7) is 5.44. The highest BCUT2D eigenvalue weighted by Gasteiger charge is 2.24. The molecule has 4 heteroatoms. The molecule has 0 radical (unpaired) electrons. The van der Waals surface area contributed by atoms with Crippen LogP contribution >= 0.6 is 12.4 Å². The number of ether oxygens (including phenoxy) is 1. The lowest BCUT2D eigenvalue weighted by Gasteiger charge is -2.24. The molecule has 84 valence electrons. The van der Waals surface area contributed by atoms with Crippen molar-refractivity contribution in [3.05, 3.63) is 0 Å². The standard InChI is InChI=1S/C10H20N2O.ClH/c1-8-7-13-10(12-8)6-9-2-4-11-5-3-9;/h8-12H,2-7H2,1H3;1H. The summed E-state index contributed by atoms with van der Waals surface area (Å²) < 4.78 is 5.64. The van der Waals surface area contributed by atoms with Gasteiger partial charge in [0, 0.05) is 6.04 Å². The van der Waals surface area contributed by atoms with E-state index in [2.05, 4.69) is 17.6 Å². The van der Waals surface area contributed by atoms with Gasteiger partial charge in [0.15, 0.2) is 0 Å². The van der Waals surface area contributed by atoms with Crippen molar-refractivity contribution in [3.63, 3.8) is 0 Å². The molecule has 2 saturated heterocycles. The Morgan fingerprint density at radius 2 is 2.00 bits per heavy atom. The topological polar surface area (TPSA) is 33.3 Å². The molecular weight excluding hydrogens is 200 g/mol. The molecule has 2 heterocycles. The van der Waals surface area contributed by atoms with Gasteiger partial charge in [-0.25, -0.2) is 0 Å².